The highest BCUT2D eigenvalue weighted by Gasteiger charge is 2.06. The lowest BCUT2D eigenvalue weighted by atomic mass is 10.3. The van der Waals surface area contributed by atoms with Crippen LogP contribution in [0.25, 0.3) is 0 Å². The van der Waals surface area contributed by atoms with E-state index < -0.39 is 0 Å². The molecule has 106 valence electrons. The molecule has 1 heterocycles. The lowest BCUT2D eigenvalue weighted by molar-refractivity contribution is -0.143. The van der Waals surface area contributed by atoms with Gasteiger partial charge < -0.3 is 4.74 Å². The van der Waals surface area contributed by atoms with Crippen LogP contribution < -0.4 is 0 Å². The minimum atomic E-state index is -0.129. The van der Waals surface area contributed by atoms with Crippen LogP contribution in [0.3, 0.4) is 0 Å². The number of thioether (sulfide) groups is 1. The molecule has 1 aromatic carbocycles. The summed E-state index contributed by atoms with van der Waals surface area (Å²) in [7, 11) is 0. The van der Waals surface area contributed by atoms with Gasteiger partial charge in [0.2, 0.25) is 0 Å². The van der Waals surface area contributed by atoms with E-state index in [9.17, 15) is 4.79 Å². The van der Waals surface area contributed by atoms with Crippen molar-refractivity contribution in [1.82, 2.24) is 4.98 Å². The van der Waals surface area contributed by atoms with Gasteiger partial charge in [-0.2, -0.15) is 0 Å². The zero-order valence-corrected chi connectivity index (χ0v) is 13.0. The third-order valence-corrected chi connectivity index (χ3v) is 4.76. The van der Waals surface area contributed by atoms with E-state index >= 15 is 0 Å². The van der Waals surface area contributed by atoms with Gasteiger partial charge in [0.05, 0.1) is 24.2 Å². The molecule has 1 aromatic heterocycles. The molecule has 5 heteroatoms. The smallest absolute Gasteiger partial charge is 0.306 e. The van der Waals surface area contributed by atoms with Crippen LogP contribution in [0.1, 0.15) is 17.0 Å². The monoisotopic (exact) mass is 307 g/mol. The molecule has 0 aliphatic rings. The van der Waals surface area contributed by atoms with Crippen LogP contribution in [0.15, 0.2) is 40.7 Å². The number of carbonyl (C=O) groups excluding carboxylic acids is 1. The van der Waals surface area contributed by atoms with E-state index in [0.717, 1.165) is 17.9 Å². The summed E-state index contributed by atoms with van der Waals surface area (Å²) in [5, 5.41) is 0. The van der Waals surface area contributed by atoms with E-state index in [-0.39, 0.29) is 5.97 Å². The molecular formula is C15H17NO2S2. The Morgan fingerprint density at radius 1 is 1.35 bits per heavy atom. The van der Waals surface area contributed by atoms with Gasteiger partial charge in [0, 0.05) is 21.9 Å². The highest BCUT2D eigenvalue weighted by atomic mass is 32.2. The van der Waals surface area contributed by atoms with Gasteiger partial charge in [-0.1, -0.05) is 18.2 Å². The summed E-state index contributed by atoms with van der Waals surface area (Å²) in [6.07, 6.45) is 1.20. The van der Waals surface area contributed by atoms with E-state index in [1.54, 1.807) is 23.1 Å². The number of hydrogen-bond acceptors (Lipinski definition) is 5. The van der Waals surface area contributed by atoms with Gasteiger partial charge in [-0.3, -0.25) is 4.79 Å². The van der Waals surface area contributed by atoms with Crippen molar-refractivity contribution >= 4 is 29.1 Å². The zero-order chi connectivity index (χ0) is 14.2. The lowest BCUT2D eigenvalue weighted by Crippen LogP contribution is -2.08. The van der Waals surface area contributed by atoms with Crippen molar-refractivity contribution in [3.63, 3.8) is 0 Å². The molecule has 0 spiro atoms. The highest BCUT2D eigenvalue weighted by Crippen LogP contribution is 2.18. The highest BCUT2D eigenvalue weighted by molar-refractivity contribution is 7.99. The van der Waals surface area contributed by atoms with Crippen LogP contribution in [0.2, 0.25) is 0 Å². The quantitative estimate of drug-likeness (QED) is 0.577. The predicted octanol–water partition coefficient (Wildman–Crippen LogP) is 3.72. The molecular weight excluding hydrogens is 290 g/mol. The molecule has 0 unspecified atom stereocenters. The van der Waals surface area contributed by atoms with Gasteiger partial charge in [-0.25, -0.2) is 4.98 Å². The molecule has 0 aliphatic carbocycles. The van der Waals surface area contributed by atoms with Crippen LogP contribution >= 0.6 is 23.1 Å². The molecule has 20 heavy (non-hydrogen) atoms. The summed E-state index contributed by atoms with van der Waals surface area (Å²) in [4.78, 5) is 18.1. The number of hydrogen-bond donors (Lipinski definition) is 0. The van der Waals surface area contributed by atoms with Gasteiger partial charge in [0.1, 0.15) is 0 Å². The Morgan fingerprint density at radius 3 is 2.85 bits per heavy atom. The third kappa shape index (κ3) is 4.98. The second-order valence-electron chi connectivity index (χ2n) is 4.24. The van der Waals surface area contributed by atoms with Crippen LogP contribution in [-0.4, -0.2) is 23.3 Å². The largest absolute Gasteiger partial charge is 0.465 e. The molecule has 0 atom stereocenters. The number of benzene rings is 1. The Kier molecular flexibility index (Phi) is 6.08. The first-order valence-electron chi connectivity index (χ1n) is 6.48. The minimum Gasteiger partial charge on any atom is -0.465 e. The maximum Gasteiger partial charge on any atom is 0.306 e. The molecule has 0 fully saturated rings. The fourth-order valence-electron chi connectivity index (χ4n) is 1.66. The SMILES string of the molecule is Cc1ncsc1CCOC(=O)CCSc1ccccc1. The van der Waals surface area contributed by atoms with Gasteiger partial charge in [-0.05, 0) is 19.1 Å². The molecule has 2 aromatic rings. The molecule has 0 amide bonds. The lowest BCUT2D eigenvalue weighted by Gasteiger charge is -2.04. The van der Waals surface area contributed by atoms with Crippen molar-refractivity contribution < 1.29 is 9.53 Å². The molecule has 0 N–H and O–H groups in total. The van der Waals surface area contributed by atoms with Crippen molar-refractivity contribution in [2.24, 2.45) is 0 Å². The topological polar surface area (TPSA) is 39.2 Å². The number of aromatic nitrogens is 1. The van der Waals surface area contributed by atoms with Crippen LogP contribution in [-0.2, 0) is 16.0 Å². The molecule has 0 radical (unpaired) electrons. The second-order valence-corrected chi connectivity index (χ2v) is 6.35. The van der Waals surface area contributed by atoms with E-state index in [2.05, 4.69) is 4.98 Å². The Hall–Kier alpha value is -1.33. The predicted molar refractivity (Wildman–Crippen MR) is 83.3 cm³/mol. The molecule has 0 saturated carbocycles. The van der Waals surface area contributed by atoms with Crippen molar-refractivity contribution in [3.05, 3.63) is 46.4 Å². The Balaban J connectivity index is 1.60. The van der Waals surface area contributed by atoms with E-state index in [1.165, 1.54) is 9.77 Å². The number of aryl methyl sites for hydroxylation is 1. The summed E-state index contributed by atoms with van der Waals surface area (Å²) in [5.74, 6) is 0.623. The maximum absolute atomic E-state index is 11.6. The summed E-state index contributed by atoms with van der Waals surface area (Å²) >= 11 is 3.28. The Morgan fingerprint density at radius 2 is 2.15 bits per heavy atom. The second kappa shape index (κ2) is 8.07. The van der Waals surface area contributed by atoms with E-state index in [0.29, 0.717) is 13.0 Å². The van der Waals surface area contributed by atoms with Crippen molar-refractivity contribution in [2.75, 3.05) is 12.4 Å². The van der Waals surface area contributed by atoms with Crippen molar-refractivity contribution in [2.45, 2.75) is 24.7 Å². The summed E-state index contributed by atoms with van der Waals surface area (Å²) in [5.41, 5.74) is 2.86. The van der Waals surface area contributed by atoms with Gasteiger partial charge in [0.25, 0.3) is 0 Å². The van der Waals surface area contributed by atoms with Crippen molar-refractivity contribution in [3.8, 4) is 0 Å². The zero-order valence-electron chi connectivity index (χ0n) is 11.4. The van der Waals surface area contributed by atoms with Gasteiger partial charge >= 0.3 is 5.97 Å². The van der Waals surface area contributed by atoms with Crippen LogP contribution in [0.4, 0.5) is 0 Å². The first-order chi connectivity index (χ1) is 9.75. The van der Waals surface area contributed by atoms with Crippen LogP contribution in [0, 0.1) is 6.92 Å². The average molecular weight is 307 g/mol. The minimum absolute atomic E-state index is 0.129. The fraction of sp³-hybridized carbons (Fsp3) is 0.333. The van der Waals surface area contributed by atoms with Crippen molar-refractivity contribution in [1.29, 1.82) is 0 Å². The number of rotatable bonds is 7. The standard InChI is InChI=1S/C15H17NO2S2/c1-12-14(20-11-16-12)7-9-18-15(17)8-10-19-13-5-3-2-4-6-13/h2-6,11H,7-10H2,1H3. The number of esters is 1. The summed E-state index contributed by atoms with van der Waals surface area (Å²) in [6.45, 7) is 2.42. The van der Waals surface area contributed by atoms with Crippen LogP contribution in [0.5, 0.6) is 0 Å². The fourth-order valence-corrected chi connectivity index (χ4v) is 3.28. The number of nitrogens with zero attached hydrogens (tertiary/aromatic N) is 1. The first-order valence-corrected chi connectivity index (χ1v) is 8.34. The van der Waals surface area contributed by atoms with E-state index in [1.807, 2.05) is 42.8 Å². The Labute approximate surface area is 127 Å². The number of carbonyl (C=O) groups is 1. The first kappa shape index (κ1) is 15.1. The molecule has 0 saturated heterocycles. The normalized spacial score (nSPS) is 10.4. The number of ether oxygens (including phenoxy) is 1. The maximum atomic E-state index is 11.6. The summed E-state index contributed by atoms with van der Waals surface area (Å²) < 4.78 is 5.23. The molecule has 0 bridgehead atoms. The average Bonchev–Trinajstić information content (AvgIpc) is 2.86. The van der Waals surface area contributed by atoms with E-state index in [4.69, 9.17) is 4.74 Å². The van der Waals surface area contributed by atoms with Gasteiger partial charge in [-0.15, -0.1) is 23.1 Å². The third-order valence-electron chi connectivity index (χ3n) is 2.76. The number of thiazole rings is 1. The molecule has 0 aliphatic heterocycles. The Bertz CT molecular complexity index is 540. The van der Waals surface area contributed by atoms with Gasteiger partial charge in [0.15, 0.2) is 0 Å². The molecule has 3 nitrogen and oxygen atoms in total. The molecule has 2 rings (SSSR count). The summed E-state index contributed by atoms with van der Waals surface area (Å²) in [6, 6.07) is 10.1.